The lowest BCUT2D eigenvalue weighted by Crippen LogP contribution is -2.62. The molecule has 3 unspecified atom stereocenters. The number of aromatic nitrogens is 3. The third-order valence-corrected chi connectivity index (χ3v) is 13.9. The summed E-state index contributed by atoms with van der Waals surface area (Å²) < 4.78 is 33.6. The van der Waals surface area contributed by atoms with Gasteiger partial charge in [0.1, 0.15) is 29.9 Å². The van der Waals surface area contributed by atoms with E-state index in [0.717, 1.165) is 5.56 Å². The van der Waals surface area contributed by atoms with Crippen LogP contribution in [0.1, 0.15) is 101 Å². The lowest BCUT2D eigenvalue weighted by molar-refractivity contribution is -0.295. The normalized spacial score (nSPS) is 33.8. The van der Waals surface area contributed by atoms with Crippen molar-refractivity contribution in [1.29, 1.82) is 0 Å². The number of aliphatic hydroxyl groups excluding tert-OH is 1. The zero-order valence-corrected chi connectivity index (χ0v) is 40.8. The van der Waals surface area contributed by atoms with Crippen LogP contribution in [0.5, 0.6) is 0 Å². The van der Waals surface area contributed by atoms with Gasteiger partial charge in [-0.25, -0.2) is 4.79 Å². The van der Waals surface area contributed by atoms with Gasteiger partial charge in [0.15, 0.2) is 17.7 Å². The molecule has 1 aromatic heterocycles. The van der Waals surface area contributed by atoms with E-state index in [0.29, 0.717) is 63.1 Å². The number of likely N-dealkylation sites (N-methyl/N-ethyl adjacent to an activating group) is 1. The first-order valence-corrected chi connectivity index (χ1v) is 23.5. The predicted molar refractivity (Wildman–Crippen MR) is 253 cm³/mol. The quantitative estimate of drug-likeness (QED) is 0.0680. The number of carbonyl (C=O) groups excluding carboxylic acids is 3. The van der Waals surface area contributed by atoms with Gasteiger partial charge in [0.05, 0.1) is 30.0 Å². The average Bonchev–Trinajstić information content (AvgIpc) is 3.85. The Hall–Kier alpha value is -4.24. The minimum atomic E-state index is -1.39. The number of aliphatic carboxylic acids is 1. The molecule has 19 heteroatoms. The van der Waals surface area contributed by atoms with Crippen molar-refractivity contribution in [2.24, 2.45) is 17.8 Å². The van der Waals surface area contributed by atoms with Gasteiger partial charge >= 0.3 is 18.0 Å². The highest BCUT2D eigenvalue weighted by Crippen LogP contribution is 2.41. The lowest BCUT2D eigenvalue weighted by Gasteiger charge is -2.46. The molecule has 0 aliphatic carbocycles. The van der Waals surface area contributed by atoms with Gasteiger partial charge in [-0.15, -0.1) is 5.10 Å². The van der Waals surface area contributed by atoms with Crippen LogP contribution in [-0.4, -0.2) is 166 Å². The monoisotopic (exact) mass is 945 g/mol. The van der Waals surface area contributed by atoms with Crippen LogP contribution < -0.4 is 16.4 Å². The highest BCUT2D eigenvalue weighted by molar-refractivity contribution is 6.00. The molecule has 0 spiro atoms. The molecule has 3 saturated heterocycles. The number of benzene rings is 1. The summed E-state index contributed by atoms with van der Waals surface area (Å²) in [6.45, 7) is 15.7. The number of hydrogen-bond acceptors (Lipinski definition) is 16. The average molecular weight is 945 g/mol. The third kappa shape index (κ3) is 13.1. The Bertz CT molecular complexity index is 1950. The summed E-state index contributed by atoms with van der Waals surface area (Å²) in [5, 5.41) is 36.7. The second kappa shape index (κ2) is 23.9. The Morgan fingerprint density at radius 3 is 2.48 bits per heavy atom. The summed E-state index contributed by atoms with van der Waals surface area (Å²) in [5.74, 6) is -4.54. The van der Waals surface area contributed by atoms with E-state index in [2.05, 4.69) is 20.9 Å². The van der Waals surface area contributed by atoms with Crippen LogP contribution in [0.25, 0.3) is 11.3 Å². The summed E-state index contributed by atoms with van der Waals surface area (Å²) in [5.41, 5.74) is 5.62. The van der Waals surface area contributed by atoms with Gasteiger partial charge in [-0.3, -0.25) is 24.0 Å². The molecule has 14 atom stereocenters. The molecular formula is C48H80N8O11. The number of anilines is 1. The number of nitrogens with one attached hydrogen (secondary N) is 2. The predicted octanol–water partition coefficient (Wildman–Crippen LogP) is 4.35. The van der Waals surface area contributed by atoms with Gasteiger partial charge < -0.3 is 55.2 Å². The number of fused-ring (bicyclic) bond motifs is 1. The maximum absolute atomic E-state index is 14.5. The van der Waals surface area contributed by atoms with Crippen LogP contribution in [0.2, 0.25) is 0 Å². The largest absolute Gasteiger partial charge is 0.480 e. The number of nitrogen functional groups attached to an aromatic ring is 1. The number of esters is 1. The number of aryl methyl sites for hydroxylation is 1. The molecule has 0 bridgehead atoms. The van der Waals surface area contributed by atoms with Gasteiger partial charge in [-0.1, -0.05) is 45.5 Å². The molecule has 3 aliphatic rings. The van der Waals surface area contributed by atoms with Crippen LogP contribution in [0, 0.1) is 17.8 Å². The number of rotatable bonds is 16. The molecule has 378 valence electrons. The summed E-state index contributed by atoms with van der Waals surface area (Å²) in [4.78, 5) is 58.5. The molecule has 1 amide bonds. The third-order valence-electron chi connectivity index (χ3n) is 13.9. The van der Waals surface area contributed by atoms with Crippen molar-refractivity contribution in [2.75, 3.05) is 46.6 Å². The maximum Gasteiger partial charge on any atom is 0.410 e. The minimum absolute atomic E-state index is 0. The second-order valence-electron chi connectivity index (χ2n) is 19.4. The van der Waals surface area contributed by atoms with Gasteiger partial charge in [-0.05, 0) is 118 Å². The summed E-state index contributed by atoms with van der Waals surface area (Å²) in [6, 6.07) is 5.11. The number of nitrogens with zero attached hydrogens (tertiary/aromatic N) is 5. The molecule has 67 heavy (non-hydrogen) atoms. The topological polar surface area (TPSA) is 242 Å². The van der Waals surface area contributed by atoms with Crippen molar-refractivity contribution in [1.82, 2.24) is 35.4 Å². The molecule has 3 fully saturated rings. The van der Waals surface area contributed by atoms with Crippen LogP contribution in [-0.2, 0) is 44.6 Å². The van der Waals surface area contributed by atoms with Crippen molar-refractivity contribution in [2.45, 2.75) is 174 Å². The fourth-order valence-corrected chi connectivity index (χ4v) is 10.1. The molecule has 19 nitrogen and oxygen atoms in total. The molecule has 2 aromatic rings. The Morgan fingerprint density at radius 2 is 1.84 bits per heavy atom. The zero-order valence-electron chi connectivity index (χ0n) is 40.8. The summed E-state index contributed by atoms with van der Waals surface area (Å²) >= 11 is 0. The van der Waals surface area contributed by atoms with Crippen molar-refractivity contribution in [3.63, 3.8) is 0 Å². The lowest BCUT2D eigenvalue weighted by atomic mass is 9.78. The number of carboxylic acids is 1. The number of hydrogen-bond donors (Lipinski definition) is 5. The molecule has 0 saturated carbocycles. The summed E-state index contributed by atoms with van der Waals surface area (Å²) in [6.07, 6.45) is -0.274. The van der Waals surface area contributed by atoms with E-state index >= 15 is 0 Å². The SMILES string of the molecule is C.CC[C@H]1OC(=O)[C@H](C)C(=O)[C@H](C)[C@@H](O[C@@H]2OC(C)CC(N(C)C)C2O)[C@](C)(OC)C[C@@H](C)CN[C@H](CCN[C@H](C)C(=O)O)[C@H]2N(CCCCn3cc(-c4cccc(N)c4)nn3)C(=O)O[C@]12C. The van der Waals surface area contributed by atoms with Crippen molar-refractivity contribution in [3.8, 4) is 11.3 Å². The Balaban J connectivity index is 0.00000980. The fourth-order valence-electron chi connectivity index (χ4n) is 10.1. The standard InChI is InChI=1S/C47H76N8O11.CH4/c1-12-37-47(8)40(55(45(61)66-47)21-14-13-20-54-26-35(51-52-54)32-16-15-17-33(48)23-32)34(18-19-49-31(6)42(58)59)50-25-27(2)24-46(7,62-11)41(29(4)38(56)30(5)43(60)64-37)65-44-39(57)36(53(9)10)22-28(3)63-44;/h15-17,23,26-31,34,36-37,39-41,44,49-50,57H,12-14,18-22,24-25,48H2,1-11H3,(H,58,59);1H4/t27-,28?,29+,30-,31-,34-,36?,37-,39?,40-,41-,44+,46-,47-;/m1./s1. The highest BCUT2D eigenvalue weighted by atomic mass is 16.7. The Morgan fingerprint density at radius 1 is 1.13 bits per heavy atom. The van der Waals surface area contributed by atoms with Gasteiger partial charge in [-0.2, -0.15) is 0 Å². The number of ether oxygens (including phenoxy) is 5. The molecule has 6 N–H and O–H groups in total. The van der Waals surface area contributed by atoms with E-state index in [1.807, 2.05) is 71.1 Å². The first kappa shape index (κ1) is 55.4. The van der Waals surface area contributed by atoms with Gasteiger partial charge in [0, 0.05) is 49.5 Å². The fraction of sp³-hybridized carbons (Fsp3) is 0.750. The van der Waals surface area contributed by atoms with Gasteiger partial charge in [0.25, 0.3) is 0 Å². The molecular weight excluding hydrogens is 865 g/mol. The number of amides is 1. The molecule has 1 aromatic carbocycles. The zero-order chi connectivity index (χ0) is 48.7. The van der Waals surface area contributed by atoms with Crippen LogP contribution >= 0.6 is 0 Å². The van der Waals surface area contributed by atoms with E-state index in [4.69, 9.17) is 29.4 Å². The smallest absolute Gasteiger partial charge is 0.410 e. The van der Waals surface area contributed by atoms with Crippen molar-refractivity contribution >= 4 is 29.5 Å². The second-order valence-corrected chi connectivity index (χ2v) is 19.4. The first-order chi connectivity index (χ1) is 31.1. The van der Waals surface area contributed by atoms with E-state index in [1.54, 1.807) is 43.5 Å². The van der Waals surface area contributed by atoms with Crippen molar-refractivity contribution < 1.29 is 53.1 Å². The maximum atomic E-state index is 14.5. The molecule has 3 aliphatic heterocycles. The molecule has 5 rings (SSSR count). The van der Waals surface area contributed by atoms with E-state index in [1.165, 1.54) is 6.92 Å². The Labute approximate surface area is 397 Å². The highest BCUT2D eigenvalue weighted by Gasteiger charge is 2.59. The van der Waals surface area contributed by atoms with Crippen LogP contribution in [0.4, 0.5) is 10.5 Å². The molecule has 0 radical (unpaired) electrons. The number of cyclic esters (lactones) is 1. The number of ketones is 1. The van der Waals surface area contributed by atoms with E-state index in [9.17, 15) is 29.4 Å². The minimum Gasteiger partial charge on any atom is -0.480 e. The number of methoxy groups -OCH3 is 1. The van der Waals surface area contributed by atoms with Gasteiger partial charge in [0.2, 0.25) is 0 Å². The number of nitrogens with two attached hydrogens (primary N) is 1. The van der Waals surface area contributed by atoms with Crippen LogP contribution in [0.15, 0.2) is 30.5 Å². The number of carboxylic acid groups (broad SMARTS) is 1. The number of carbonyl (C=O) groups is 4. The summed E-state index contributed by atoms with van der Waals surface area (Å²) in [7, 11) is 5.32. The van der Waals surface area contributed by atoms with Crippen molar-refractivity contribution in [3.05, 3.63) is 30.5 Å². The van der Waals surface area contributed by atoms with E-state index in [-0.39, 0.29) is 38.5 Å². The van der Waals surface area contributed by atoms with Crippen LogP contribution in [0.3, 0.4) is 0 Å². The first-order valence-electron chi connectivity index (χ1n) is 23.5. The number of aliphatic hydroxyl groups is 1. The molecule has 4 heterocycles. The number of unbranched alkanes of at least 4 members (excludes halogenated alkanes) is 1. The van der Waals surface area contributed by atoms with E-state index < -0.39 is 89.6 Å². The Kier molecular flexibility index (Phi) is 19.7. The number of Topliss-reactive ketones (excluding diaryl/α,β-unsaturated/α-hetero) is 1.